The Balaban J connectivity index is 1.61. The monoisotopic (exact) mass is 431 g/mol. The first-order valence-electron chi connectivity index (χ1n) is 8.94. The van der Waals surface area contributed by atoms with E-state index in [-0.39, 0.29) is 17.4 Å². The van der Waals surface area contributed by atoms with E-state index in [2.05, 4.69) is 10.6 Å². The van der Waals surface area contributed by atoms with Crippen LogP contribution in [0.3, 0.4) is 0 Å². The maximum absolute atomic E-state index is 12.3. The van der Waals surface area contributed by atoms with Gasteiger partial charge in [0.2, 0.25) is 11.6 Å². The molecule has 1 aromatic heterocycles. The average Bonchev–Trinajstić information content (AvgIpc) is 3.14. The number of nitrogens with zero attached hydrogens (tertiary/aromatic N) is 2. The number of nitrogens with one attached hydrogen (secondary N) is 1. The summed E-state index contributed by atoms with van der Waals surface area (Å²) in [5, 5.41) is 18.9. The van der Waals surface area contributed by atoms with Crippen molar-refractivity contribution in [2.45, 2.75) is 11.4 Å². The van der Waals surface area contributed by atoms with Gasteiger partial charge >= 0.3 is 0 Å². The van der Waals surface area contributed by atoms with Crippen molar-refractivity contribution in [1.29, 1.82) is 0 Å². The molecule has 9 nitrogen and oxygen atoms in total. The summed E-state index contributed by atoms with van der Waals surface area (Å²) in [6.45, 7) is 0. The maximum atomic E-state index is 12.3. The third-order valence-corrected chi connectivity index (χ3v) is 5.16. The average molecular weight is 431 g/mol. The minimum absolute atomic E-state index is 0.174. The van der Waals surface area contributed by atoms with Crippen molar-refractivity contribution in [3.8, 4) is 28.9 Å². The van der Waals surface area contributed by atoms with Gasteiger partial charge < -0.3 is 29.2 Å². The van der Waals surface area contributed by atoms with Crippen molar-refractivity contribution in [1.82, 2.24) is 5.27 Å². The molecule has 2 aromatic carbocycles. The summed E-state index contributed by atoms with van der Waals surface area (Å²) in [5.74, 6) is 1.38. The molecule has 10 heteroatoms. The molecule has 0 fully saturated rings. The van der Waals surface area contributed by atoms with Gasteiger partial charge in [-0.15, -0.1) is 0 Å². The van der Waals surface area contributed by atoms with Crippen LogP contribution in [0.5, 0.6) is 23.2 Å². The fourth-order valence-electron chi connectivity index (χ4n) is 2.60. The second kappa shape index (κ2) is 9.88. The van der Waals surface area contributed by atoms with E-state index in [0.29, 0.717) is 34.4 Å². The van der Waals surface area contributed by atoms with E-state index in [1.807, 2.05) is 0 Å². The minimum Gasteiger partial charge on any atom is -0.538 e. The highest BCUT2D eigenvalue weighted by Crippen LogP contribution is 2.29. The number of anilines is 1. The predicted molar refractivity (Wildman–Crippen MR) is 108 cm³/mol. The van der Waals surface area contributed by atoms with Gasteiger partial charge in [-0.05, 0) is 28.9 Å². The van der Waals surface area contributed by atoms with Gasteiger partial charge in [0.05, 0.1) is 32.3 Å². The van der Waals surface area contributed by atoms with Gasteiger partial charge in [0.25, 0.3) is 5.03 Å². The number of thioether (sulfide) groups is 1. The van der Waals surface area contributed by atoms with Gasteiger partial charge in [-0.2, -0.15) is 0 Å². The van der Waals surface area contributed by atoms with Crippen LogP contribution < -0.4 is 29.3 Å². The van der Waals surface area contributed by atoms with Crippen LogP contribution in [0.4, 0.5) is 5.69 Å². The Labute approximate surface area is 177 Å². The molecule has 30 heavy (non-hydrogen) atoms. The Hall–Kier alpha value is -3.40. The molecule has 0 bridgehead atoms. The highest BCUT2D eigenvalue weighted by molar-refractivity contribution is 7.99. The number of methoxy groups -OCH3 is 3. The third-order valence-electron chi connectivity index (χ3n) is 4.14. The number of amides is 1. The first kappa shape index (κ1) is 21.3. The second-order valence-electron chi connectivity index (χ2n) is 5.99. The number of benzene rings is 2. The van der Waals surface area contributed by atoms with Crippen LogP contribution in [0.1, 0.15) is 6.42 Å². The normalized spacial score (nSPS) is 10.5. The van der Waals surface area contributed by atoms with Gasteiger partial charge in [0.1, 0.15) is 17.2 Å². The number of carbonyl (C=O) groups is 1. The van der Waals surface area contributed by atoms with Crippen molar-refractivity contribution in [3.63, 3.8) is 0 Å². The minimum atomic E-state index is -0.562. The molecule has 1 N–H and O–H groups in total. The molecule has 0 saturated heterocycles. The lowest BCUT2D eigenvalue weighted by molar-refractivity contribution is -0.705. The molecule has 1 amide bonds. The van der Waals surface area contributed by atoms with Crippen LogP contribution in [0.15, 0.2) is 52.0 Å². The Morgan fingerprint density at radius 1 is 1.10 bits per heavy atom. The topological polar surface area (TPSA) is 110 Å². The molecule has 0 atom stereocenters. The lowest BCUT2D eigenvalue weighted by Crippen LogP contribution is -2.34. The predicted octanol–water partition coefficient (Wildman–Crippen LogP) is 2.17. The van der Waals surface area contributed by atoms with E-state index < -0.39 is 5.95 Å². The molecule has 158 valence electrons. The smallest absolute Gasteiger partial charge is 0.297 e. The van der Waals surface area contributed by atoms with Gasteiger partial charge in [-0.25, -0.2) is 0 Å². The number of rotatable bonds is 9. The Morgan fingerprint density at radius 2 is 1.80 bits per heavy atom. The Kier molecular flexibility index (Phi) is 7.02. The first-order chi connectivity index (χ1) is 14.5. The Morgan fingerprint density at radius 3 is 2.47 bits per heavy atom. The van der Waals surface area contributed by atoms with Crippen molar-refractivity contribution in [3.05, 3.63) is 42.5 Å². The molecule has 0 radical (unpaired) electrons. The molecule has 3 aromatic rings. The zero-order chi connectivity index (χ0) is 21.5. The van der Waals surface area contributed by atoms with Crippen molar-refractivity contribution in [2.24, 2.45) is 0 Å². The number of ether oxygens (including phenoxy) is 3. The summed E-state index contributed by atoms with van der Waals surface area (Å²) < 4.78 is 21.7. The lowest BCUT2D eigenvalue weighted by Gasteiger charge is -2.11. The number of hydrogen-bond donors (Lipinski definition) is 1. The van der Waals surface area contributed by atoms with Crippen LogP contribution in [0.25, 0.3) is 5.69 Å². The quantitative estimate of drug-likeness (QED) is 0.406. The summed E-state index contributed by atoms with van der Waals surface area (Å²) in [5.41, 5.74) is 1.19. The standard InChI is InChI=1S/C20H21N3O6S/c1-26-14-6-4-13(5-7-14)23-19(20(25)29-22-23)30-11-10-18(24)21-16-9-8-15(27-2)12-17(16)28-3/h4-9,12H,10-11H2,1-3H3,(H-,21,22,24,25). The highest BCUT2D eigenvalue weighted by atomic mass is 32.2. The zero-order valence-electron chi connectivity index (χ0n) is 16.7. The molecular weight excluding hydrogens is 410 g/mol. The molecule has 0 aliphatic rings. The first-order valence-corrected chi connectivity index (χ1v) is 9.92. The number of hydrogen-bond acceptors (Lipinski definition) is 8. The van der Waals surface area contributed by atoms with Crippen molar-refractivity contribution < 1.29 is 33.3 Å². The van der Waals surface area contributed by atoms with Crippen LogP contribution in [-0.4, -0.2) is 38.3 Å². The van der Waals surface area contributed by atoms with E-state index in [4.69, 9.17) is 18.7 Å². The summed E-state index contributed by atoms with van der Waals surface area (Å²) >= 11 is 1.19. The zero-order valence-corrected chi connectivity index (χ0v) is 17.5. The van der Waals surface area contributed by atoms with Crippen LogP contribution in [-0.2, 0) is 4.79 Å². The third kappa shape index (κ3) is 4.95. The van der Waals surface area contributed by atoms with E-state index in [9.17, 15) is 9.90 Å². The van der Waals surface area contributed by atoms with E-state index in [1.54, 1.807) is 56.7 Å². The Bertz CT molecular complexity index is 1010. The van der Waals surface area contributed by atoms with E-state index in [0.717, 1.165) is 0 Å². The fourth-order valence-corrected chi connectivity index (χ4v) is 3.50. The maximum Gasteiger partial charge on any atom is 0.297 e. The van der Waals surface area contributed by atoms with Crippen molar-refractivity contribution >= 4 is 23.4 Å². The molecule has 0 aliphatic heterocycles. The largest absolute Gasteiger partial charge is 0.538 e. The van der Waals surface area contributed by atoms with Gasteiger partial charge in [0, 0.05) is 30.4 Å². The fraction of sp³-hybridized carbons (Fsp3) is 0.250. The van der Waals surface area contributed by atoms with Crippen LogP contribution in [0, 0.1) is 0 Å². The van der Waals surface area contributed by atoms with Gasteiger partial charge in [-0.1, -0.05) is 11.8 Å². The van der Waals surface area contributed by atoms with Crippen LogP contribution in [0.2, 0.25) is 0 Å². The van der Waals surface area contributed by atoms with E-state index in [1.165, 1.54) is 23.6 Å². The highest BCUT2D eigenvalue weighted by Gasteiger charge is 2.21. The molecule has 3 rings (SSSR count). The number of carbonyl (C=O) groups excluding carboxylic acids is 1. The molecule has 1 heterocycles. The summed E-state index contributed by atoms with van der Waals surface area (Å²) in [7, 11) is 4.64. The SMILES string of the molecule is COc1ccc(-[n+]2noc([O-])c2SCCC(=O)Nc2ccc(OC)cc2OC)cc1. The summed E-state index contributed by atoms with van der Waals surface area (Å²) in [6.07, 6.45) is 0.174. The molecular formula is C20H21N3O6S. The van der Waals surface area contributed by atoms with Crippen molar-refractivity contribution in [2.75, 3.05) is 32.4 Å². The number of aromatic nitrogens is 2. The van der Waals surface area contributed by atoms with Crippen LogP contribution >= 0.6 is 11.8 Å². The molecule has 0 spiro atoms. The van der Waals surface area contributed by atoms with Gasteiger partial charge in [0.15, 0.2) is 5.95 Å². The van der Waals surface area contributed by atoms with E-state index >= 15 is 0 Å². The molecule has 0 aliphatic carbocycles. The summed E-state index contributed by atoms with van der Waals surface area (Å²) in [6, 6.07) is 12.1. The summed E-state index contributed by atoms with van der Waals surface area (Å²) in [4.78, 5) is 12.3. The molecule has 0 unspecified atom stereocenters. The van der Waals surface area contributed by atoms with Gasteiger partial charge in [-0.3, -0.25) is 4.79 Å². The molecule has 0 saturated carbocycles. The second-order valence-corrected chi connectivity index (χ2v) is 7.07. The lowest BCUT2D eigenvalue weighted by atomic mass is 10.2.